The van der Waals surface area contributed by atoms with E-state index in [0.717, 1.165) is 13.1 Å². The van der Waals surface area contributed by atoms with Gasteiger partial charge in [-0.3, -0.25) is 0 Å². The highest BCUT2D eigenvalue weighted by molar-refractivity contribution is 5.85. The van der Waals surface area contributed by atoms with Gasteiger partial charge in [-0.15, -0.1) is 12.4 Å². The van der Waals surface area contributed by atoms with Crippen LogP contribution in [0.5, 0.6) is 0 Å². The molecule has 1 aliphatic heterocycles. The summed E-state index contributed by atoms with van der Waals surface area (Å²) in [6, 6.07) is 22.0. The number of nitrogens with one attached hydrogen (secondary N) is 1. The van der Waals surface area contributed by atoms with E-state index in [2.05, 4.69) is 66.0 Å². The molecule has 2 aromatic rings. The molecule has 1 saturated heterocycles. The highest BCUT2D eigenvalue weighted by Crippen LogP contribution is 2.37. The van der Waals surface area contributed by atoms with Gasteiger partial charge in [-0.2, -0.15) is 0 Å². The van der Waals surface area contributed by atoms with Crippen molar-refractivity contribution in [2.45, 2.75) is 24.7 Å². The van der Waals surface area contributed by atoms with Crippen LogP contribution >= 0.6 is 12.4 Å². The quantitative estimate of drug-likeness (QED) is 0.865. The Balaban J connectivity index is 0.00000147. The summed E-state index contributed by atoms with van der Waals surface area (Å²) in [5.74, 6) is 1.23. The lowest BCUT2D eigenvalue weighted by atomic mass is 9.79. The maximum absolute atomic E-state index is 3.60. The molecular weight excluding hydrogens is 266 g/mol. The van der Waals surface area contributed by atoms with E-state index in [1.165, 1.54) is 24.0 Å². The molecule has 1 nitrogen and oxygen atoms in total. The molecule has 0 bridgehead atoms. The summed E-state index contributed by atoms with van der Waals surface area (Å²) in [7, 11) is 0. The second-order valence-electron chi connectivity index (χ2n) is 5.38. The van der Waals surface area contributed by atoms with Crippen LogP contribution in [-0.4, -0.2) is 13.1 Å². The van der Waals surface area contributed by atoms with Gasteiger partial charge in [0.05, 0.1) is 0 Å². The van der Waals surface area contributed by atoms with Crippen LogP contribution in [0.4, 0.5) is 0 Å². The minimum atomic E-state index is 0. The highest BCUT2D eigenvalue weighted by atomic mass is 35.5. The molecule has 1 aliphatic rings. The van der Waals surface area contributed by atoms with E-state index in [1.54, 1.807) is 0 Å². The van der Waals surface area contributed by atoms with E-state index in [0.29, 0.717) is 11.8 Å². The molecule has 3 rings (SSSR count). The van der Waals surface area contributed by atoms with Crippen LogP contribution in [0.25, 0.3) is 0 Å². The average molecular weight is 288 g/mol. The van der Waals surface area contributed by atoms with Crippen LogP contribution in [0.2, 0.25) is 0 Å². The normalized spacial score (nSPS) is 22.6. The second kappa shape index (κ2) is 7.47. The zero-order valence-electron chi connectivity index (χ0n) is 11.7. The topological polar surface area (TPSA) is 12.0 Å². The van der Waals surface area contributed by atoms with Crippen LogP contribution in [0.3, 0.4) is 0 Å². The predicted molar refractivity (Wildman–Crippen MR) is 87.7 cm³/mol. The van der Waals surface area contributed by atoms with Crippen LogP contribution < -0.4 is 5.32 Å². The van der Waals surface area contributed by atoms with Crippen molar-refractivity contribution in [3.05, 3.63) is 71.8 Å². The molecular formula is C18H22ClN. The fourth-order valence-corrected chi connectivity index (χ4v) is 3.20. The third-order valence-corrected chi connectivity index (χ3v) is 4.17. The smallest absolute Gasteiger partial charge is 0.00322 e. The van der Waals surface area contributed by atoms with Gasteiger partial charge in [0.2, 0.25) is 0 Å². The van der Waals surface area contributed by atoms with E-state index < -0.39 is 0 Å². The van der Waals surface area contributed by atoms with Crippen molar-refractivity contribution in [1.29, 1.82) is 0 Å². The monoisotopic (exact) mass is 287 g/mol. The summed E-state index contributed by atoms with van der Waals surface area (Å²) in [4.78, 5) is 0. The number of hydrogen-bond acceptors (Lipinski definition) is 1. The molecule has 1 heterocycles. The summed E-state index contributed by atoms with van der Waals surface area (Å²) in [6.07, 6.45) is 2.54. The van der Waals surface area contributed by atoms with Gasteiger partial charge >= 0.3 is 0 Å². The van der Waals surface area contributed by atoms with E-state index in [4.69, 9.17) is 0 Å². The van der Waals surface area contributed by atoms with Crippen molar-refractivity contribution >= 4 is 12.4 Å². The molecule has 2 aromatic carbocycles. The molecule has 20 heavy (non-hydrogen) atoms. The first kappa shape index (κ1) is 15.1. The minimum Gasteiger partial charge on any atom is -0.316 e. The first-order valence-electron chi connectivity index (χ1n) is 7.26. The molecule has 2 atom stereocenters. The summed E-state index contributed by atoms with van der Waals surface area (Å²) in [5, 5.41) is 3.60. The van der Waals surface area contributed by atoms with Gasteiger partial charge in [-0.25, -0.2) is 0 Å². The molecule has 2 heteroatoms. The molecule has 1 N–H and O–H groups in total. The fourth-order valence-electron chi connectivity index (χ4n) is 3.20. The predicted octanol–water partition coefficient (Wildman–Crippen LogP) is 4.36. The van der Waals surface area contributed by atoms with Gasteiger partial charge in [0.25, 0.3) is 0 Å². The lowest BCUT2D eigenvalue weighted by Gasteiger charge is -2.26. The Labute approximate surface area is 127 Å². The maximum Gasteiger partial charge on any atom is 0.00322 e. The lowest BCUT2D eigenvalue weighted by molar-refractivity contribution is 0.527. The lowest BCUT2D eigenvalue weighted by Crippen LogP contribution is -2.22. The van der Waals surface area contributed by atoms with Crippen LogP contribution in [0.1, 0.15) is 35.8 Å². The minimum absolute atomic E-state index is 0. The fraction of sp³-hybridized carbons (Fsp3) is 0.333. The van der Waals surface area contributed by atoms with Crippen molar-refractivity contribution in [3.63, 3.8) is 0 Å². The van der Waals surface area contributed by atoms with Gasteiger partial charge in [0.1, 0.15) is 0 Å². The molecule has 0 saturated carbocycles. The van der Waals surface area contributed by atoms with Crippen LogP contribution in [0.15, 0.2) is 60.7 Å². The van der Waals surface area contributed by atoms with Crippen LogP contribution in [-0.2, 0) is 0 Å². The molecule has 0 aromatic heterocycles. The average Bonchev–Trinajstić information content (AvgIpc) is 2.75. The largest absolute Gasteiger partial charge is 0.316 e. The van der Waals surface area contributed by atoms with Gasteiger partial charge in [0, 0.05) is 12.5 Å². The summed E-state index contributed by atoms with van der Waals surface area (Å²) in [6.45, 7) is 2.23. The van der Waals surface area contributed by atoms with Crippen molar-refractivity contribution in [2.24, 2.45) is 0 Å². The van der Waals surface area contributed by atoms with Gasteiger partial charge < -0.3 is 5.32 Å². The Morgan fingerprint density at radius 3 is 1.90 bits per heavy atom. The van der Waals surface area contributed by atoms with Crippen molar-refractivity contribution in [1.82, 2.24) is 5.32 Å². The Morgan fingerprint density at radius 1 is 0.750 bits per heavy atom. The number of rotatable bonds is 2. The maximum atomic E-state index is 3.60. The summed E-state index contributed by atoms with van der Waals surface area (Å²) >= 11 is 0. The van der Waals surface area contributed by atoms with E-state index in [-0.39, 0.29) is 12.4 Å². The first-order valence-corrected chi connectivity index (χ1v) is 7.26. The van der Waals surface area contributed by atoms with Gasteiger partial charge in [0.15, 0.2) is 0 Å². The van der Waals surface area contributed by atoms with Crippen molar-refractivity contribution in [3.8, 4) is 0 Å². The Hall–Kier alpha value is -1.31. The molecule has 0 aliphatic carbocycles. The molecule has 106 valence electrons. The van der Waals surface area contributed by atoms with Crippen LogP contribution in [0, 0.1) is 0 Å². The number of halogens is 1. The van der Waals surface area contributed by atoms with Crippen molar-refractivity contribution in [2.75, 3.05) is 13.1 Å². The summed E-state index contributed by atoms with van der Waals surface area (Å²) in [5.41, 5.74) is 2.95. The molecule has 0 unspecified atom stereocenters. The van der Waals surface area contributed by atoms with Gasteiger partial charge in [-0.05, 0) is 36.4 Å². The third-order valence-electron chi connectivity index (χ3n) is 4.17. The van der Waals surface area contributed by atoms with E-state index in [1.807, 2.05) is 0 Å². The SMILES string of the molecule is Cl.c1ccc([C@H]2CCCNC[C@@H]2c2ccccc2)cc1. The second-order valence-corrected chi connectivity index (χ2v) is 5.38. The third kappa shape index (κ3) is 3.41. The Morgan fingerprint density at radius 2 is 1.30 bits per heavy atom. The standard InChI is InChI=1S/C18H21N.ClH/c1-3-8-15(9-4-1)17-12-7-13-19-14-18(17)16-10-5-2-6-11-16;/h1-6,8-11,17-19H,7,12-14H2;1H/t17-,18-;/m1./s1. The molecule has 0 spiro atoms. The molecule has 1 fully saturated rings. The zero-order valence-corrected chi connectivity index (χ0v) is 12.5. The van der Waals surface area contributed by atoms with E-state index >= 15 is 0 Å². The Bertz CT molecular complexity index is 450. The van der Waals surface area contributed by atoms with E-state index in [9.17, 15) is 0 Å². The van der Waals surface area contributed by atoms with Gasteiger partial charge in [-0.1, -0.05) is 60.7 Å². The molecule has 0 radical (unpaired) electrons. The highest BCUT2D eigenvalue weighted by Gasteiger charge is 2.25. The number of hydrogen-bond donors (Lipinski definition) is 1. The molecule has 0 amide bonds. The van der Waals surface area contributed by atoms with Crippen molar-refractivity contribution < 1.29 is 0 Å². The Kier molecular flexibility index (Phi) is 5.63. The zero-order chi connectivity index (χ0) is 12.9. The summed E-state index contributed by atoms with van der Waals surface area (Å²) < 4.78 is 0. The number of benzene rings is 2. The first-order chi connectivity index (χ1) is 9.45.